The fourth-order valence-electron chi connectivity index (χ4n) is 2.78. The van der Waals surface area contributed by atoms with Gasteiger partial charge in [-0.05, 0) is 32.3 Å². The SMILES string of the molecule is CCNC(=NCC(=O)N(CC)Cc1ccccc1)NCC1CCCO1.I. The molecule has 146 valence electrons. The molecule has 2 rings (SSSR count). The smallest absolute Gasteiger partial charge is 0.244 e. The van der Waals surface area contributed by atoms with Gasteiger partial charge in [0.05, 0.1) is 6.10 Å². The van der Waals surface area contributed by atoms with Crippen molar-refractivity contribution in [2.75, 3.05) is 32.8 Å². The highest BCUT2D eigenvalue weighted by molar-refractivity contribution is 14.0. The number of likely N-dealkylation sites (N-methyl/N-ethyl adjacent to an activating group) is 1. The zero-order valence-corrected chi connectivity index (χ0v) is 18.1. The van der Waals surface area contributed by atoms with Gasteiger partial charge in [-0.2, -0.15) is 0 Å². The van der Waals surface area contributed by atoms with Crippen LogP contribution in [0.25, 0.3) is 0 Å². The molecule has 26 heavy (non-hydrogen) atoms. The first-order valence-electron chi connectivity index (χ1n) is 9.18. The number of hydrogen-bond donors (Lipinski definition) is 2. The molecule has 2 N–H and O–H groups in total. The highest BCUT2D eigenvalue weighted by Crippen LogP contribution is 2.10. The Morgan fingerprint density at radius 1 is 1.27 bits per heavy atom. The standard InChI is InChI=1S/C19H30N4O2.HI/c1-3-20-19(21-13-17-11-8-12-25-17)22-14-18(24)23(4-2)15-16-9-6-5-7-10-16;/h5-7,9-10,17H,3-4,8,11-15H2,1-2H3,(H2,20,21,22);1H. The highest BCUT2D eigenvalue weighted by Gasteiger charge is 2.16. The molecule has 1 fully saturated rings. The molecule has 1 saturated heterocycles. The zero-order valence-electron chi connectivity index (χ0n) is 15.7. The number of amides is 1. The summed E-state index contributed by atoms with van der Waals surface area (Å²) in [5.41, 5.74) is 1.13. The normalized spacial score (nSPS) is 16.7. The van der Waals surface area contributed by atoms with Crippen LogP contribution in [0.2, 0.25) is 0 Å². The van der Waals surface area contributed by atoms with Crippen LogP contribution in [0.1, 0.15) is 32.3 Å². The molecule has 1 heterocycles. The number of nitrogens with zero attached hydrogens (tertiary/aromatic N) is 2. The van der Waals surface area contributed by atoms with Crippen molar-refractivity contribution in [2.24, 2.45) is 4.99 Å². The molecule has 0 aromatic heterocycles. The van der Waals surface area contributed by atoms with Crippen molar-refractivity contribution in [3.8, 4) is 0 Å². The van der Waals surface area contributed by atoms with Gasteiger partial charge in [-0.25, -0.2) is 4.99 Å². The fraction of sp³-hybridized carbons (Fsp3) is 0.579. The van der Waals surface area contributed by atoms with E-state index in [1.807, 2.05) is 49.1 Å². The lowest BCUT2D eigenvalue weighted by molar-refractivity contribution is -0.130. The molecule has 1 aliphatic rings. The highest BCUT2D eigenvalue weighted by atomic mass is 127. The largest absolute Gasteiger partial charge is 0.376 e. The first kappa shape index (κ1) is 22.7. The number of ether oxygens (including phenoxy) is 1. The topological polar surface area (TPSA) is 66.0 Å². The Hall–Kier alpha value is -1.35. The molecule has 1 aromatic carbocycles. The molecule has 0 bridgehead atoms. The minimum atomic E-state index is 0. The van der Waals surface area contributed by atoms with Gasteiger partial charge in [-0.15, -0.1) is 24.0 Å². The Bertz CT molecular complexity index is 548. The zero-order chi connectivity index (χ0) is 17.9. The van der Waals surface area contributed by atoms with Gasteiger partial charge in [0.2, 0.25) is 5.91 Å². The minimum absolute atomic E-state index is 0. The summed E-state index contributed by atoms with van der Waals surface area (Å²) in [5, 5.41) is 6.45. The van der Waals surface area contributed by atoms with Crippen LogP contribution in [0.5, 0.6) is 0 Å². The molecule has 0 spiro atoms. The summed E-state index contributed by atoms with van der Waals surface area (Å²) in [5.74, 6) is 0.697. The van der Waals surface area contributed by atoms with Crippen molar-refractivity contribution in [3.63, 3.8) is 0 Å². The van der Waals surface area contributed by atoms with Crippen LogP contribution in [-0.2, 0) is 16.1 Å². The van der Waals surface area contributed by atoms with Gasteiger partial charge >= 0.3 is 0 Å². The summed E-state index contributed by atoms with van der Waals surface area (Å²) in [6.07, 6.45) is 2.43. The van der Waals surface area contributed by atoms with Gasteiger partial charge in [0.25, 0.3) is 0 Å². The molecule has 1 aliphatic heterocycles. The molecule has 1 aromatic rings. The summed E-state index contributed by atoms with van der Waals surface area (Å²) in [7, 11) is 0. The first-order valence-corrected chi connectivity index (χ1v) is 9.18. The molecular weight excluding hydrogens is 443 g/mol. The number of nitrogens with one attached hydrogen (secondary N) is 2. The van der Waals surface area contributed by atoms with Gasteiger partial charge < -0.3 is 20.3 Å². The van der Waals surface area contributed by atoms with E-state index in [2.05, 4.69) is 15.6 Å². The van der Waals surface area contributed by atoms with E-state index >= 15 is 0 Å². The van der Waals surface area contributed by atoms with E-state index in [-0.39, 0.29) is 42.5 Å². The van der Waals surface area contributed by atoms with Crippen LogP contribution in [-0.4, -0.2) is 55.7 Å². The molecule has 0 radical (unpaired) electrons. The molecule has 1 unspecified atom stereocenters. The summed E-state index contributed by atoms with van der Waals surface area (Å²) in [6, 6.07) is 10.0. The fourth-order valence-corrected chi connectivity index (χ4v) is 2.78. The lowest BCUT2D eigenvalue weighted by Crippen LogP contribution is -2.42. The third-order valence-electron chi connectivity index (χ3n) is 4.19. The quantitative estimate of drug-likeness (QED) is 0.345. The van der Waals surface area contributed by atoms with Crippen LogP contribution < -0.4 is 10.6 Å². The Kier molecular flexibility index (Phi) is 11.3. The lowest BCUT2D eigenvalue weighted by Gasteiger charge is -2.20. The van der Waals surface area contributed by atoms with Gasteiger partial charge in [-0.3, -0.25) is 4.79 Å². The minimum Gasteiger partial charge on any atom is -0.376 e. The second-order valence-electron chi connectivity index (χ2n) is 6.10. The Labute approximate surface area is 173 Å². The number of benzene rings is 1. The van der Waals surface area contributed by atoms with Gasteiger partial charge in [-0.1, -0.05) is 30.3 Å². The maximum atomic E-state index is 12.5. The molecular formula is C19H31IN4O2. The van der Waals surface area contributed by atoms with E-state index in [0.717, 1.165) is 38.1 Å². The van der Waals surface area contributed by atoms with Crippen molar-refractivity contribution < 1.29 is 9.53 Å². The maximum absolute atomic E-state index is 12.5. The van der Waals surface area contributed by atoms with E-state index in [0.29, 0.717) is 19.0 Å². The number of guanidine groups is 1. The molecule has 1 atom stereocenters. The average molecular weight is 474 g/mol. The second-order valence-corrected chi connectivity index (χ2v) is 6.10. The van der Waals surface area contributed by atoms with Gasteiger partial charge in [0.1, 0.15) is 6.54 Å². The van der Waals surface area contributed by atoms with Crippen molar-refractivity contribution in [3.05, 3.63) is 35.9 Å². The molecule has 6 nitrogen and oxygen atoms in total. The summed E-state index contributed by atoms with van der Waals surface area (Å²) < 4.78 is 5.61. The number of rotatable bonds is 8. The third kappa shape index (κ3) is 7.90. The van der Waals surface area contributed by atoms with E-state index in [1.54, 1.807) is 0 Å². The number of halogens is 1. The van der Waals surface area contributed by atoms with Gasteiger partial charge in [0, 0.05) is 32.8 Å². The van der Waals surface area contributed by atoms with Crippen LogP contribution in [0.3, 0.4) is 0 Å². The number of aliphatic imine (C=N–C) groups is 1. The summed E-state index contributed by atoms with van der Waals surface area (Å²) in [4.78, 5) is 18.7. The predicted molar refractivity (Wildman–Crippen MR) is 116 cm³/mol. The van der Waals surface area contributed by atoms with Crippen molar-refractivity contribution in [2.45, 2.75) is 39.3 Å². The lowest BCUT2D eigenvalue weighted by atomic mass is 10.2. The Morgan fingerprint density at radius 2 is 2.04 bits per heavy atom. The summed E-state index contributed by atoms with van der Waals surface area (Å²) in [6.45, 7) is 7.75. The van der Waals surface area contributed by atoms with Crippen LogP contribution >= 0.6 is 24.0 Å². The monoisotopic (exact) mass is 474 g/mol. The average Bonchev–Trinajstić information content (AvgIpc) is 3.16. The summed E-state index contributed by atoms with van der Waals surface area (Å²) >= 11 is 0. The van der Waals surface area contributed by atoms with Gasteiger partial charge in [0.15, 0.2) is 5.96 Å². The van der Waals surface area contributed by atoms with E-state index in [4.69, 9.17) is 4.74 Å². The molecule has 1 amide bonds. The predicted octanol–water partition coefficient (Wildman–Crippen LogP) is 2.39. The Balaban J connectivity index is 0.00000338. The van der Waals surface area contributed by atoms with Crippen molar-refractivity contribution in [1.29, 1.82) is 0 Å². The number of carbonyl (C=O) groups is 1. The van der Waals surface area contributed by atoms with Crippen molar-refractivity contribution >= 4 is 35.8 Å². The second kappa shape index (κ2) is 12.9. The molecule has 0 saturated carbocycles. The number of hydrogen-bond acceptors (Lipinski definition) is 3. The van der Waals surface area contributed by atoms with E-state index in [1.165, 1.54) is 0 Å². The maximum Gasteiger partial charge on any atom is 0.244 e. The van der Waals surface area contributed by atoms with Crippen LogP contribution in [0, 0.1) is 0 Å². The molecule has 7 heteroatoms. The third-order valence-corrected chi connectivity index (χ3v) is 4.19. The first-order chi connectivity index (χ1) is 12.2. The van der Waals surface area contributed by atoms with E-state index < -0.39 is 0 Å². The van der Waals surface area contributed by atoms with Crippen LogP contribution in [0.15, 0.2) is 35.3 Å². The van der Waals surface area contributed by atoms with Crippen molar-refractivity contribution in [1.82, 2.24) is 15.5 Å². The Morgan fingerprint density at radius 3 is 2.65 bits per heavy atom. The number of carbonyl (C=O) groups excluding carboxylic acids is 1. The van der Waals surface area contributed by atoms with Crippen LogP contribution in [0.4, 0.5) is 0 Å². The van der Waals surface area contributed by atoms with E-state index in [9.17, 15) is 4.79 Å². The molecule has 0 aliphatic carbocycles.